The van der Waals surface area contributed by atoms with E-state index < -0.39 is 23.9 Å². The van der Waals surface area contributed by atoms with Gasteiger partial charge in [-0.3, -0.25) is 4.79 Å². The van der Waals surface area contributed by atoms with Gasteiger partial charge in [0.2, 0.25) is 11.8 Å². The molecule has 2 aromatic carbocycles. The summed E-state index contributed by atoms with van der Waals surface area (Å²) >= 11 is 0. The van der Waals surface area contributed by atoms with Crippen molar-refractivity contribution in [3.05, 3.63) is 71.3 Å². The van der Waals surface area contributed by atoms with Crippen molar-refractivity contribution in [2.24, 2.45) is 10.4 Å². The number of halogens is 3. The third kappa shape index (κ3) is 5.66. The van der Waals surface area contributed by atoms with Crippen LogP contribution in [0.5, 0.6) is 0 Å². The molecule has 3 rings (SSSR count). The Hall–Kier alpha value is -2.83. The van der Waals surface area contributed by atoms with Crippen molar-refractivity contribution in [1.29, 1.82) is 0 Å². The zero-order chi connectivity index (χ0) is 22.8. The average Bonchev–Trinajstić information content (AvgIpc) is 3.08. The fourth-order valence-electron chi connectivity index (χ4n) is 3.62. The molecule has 0 spiro atoms. The Kier molecular flexibility index (Phi) is 6.43. The van der Waals surface area contributed by atoms with Gasteiger partial charge in [-0.05, 0) is 35.1 Å². The van der Waals surface area contributed by atoms with Crippen LogP contribution in [0.4, 0.5) is 13.2 Å². The van der Waals surface area contributed by atoms with Crippen molar-refractivity contribution in [1.82, 2.24) is 5.32 Å². The van der Waals surface area contributed by atoms with E-state index in [0.717, 1.165) is 17.7 Å². The molecule has 166 valence electrons. The van der Waals surface area contributed by atoms with E-state index in [1.807, 2.05) is 51.1 Å². The fraction of sp³-hybridized carbons (Fsp3) is 0.417. The molecule has 1 amide bonds. The highest BCUT2D eigenvalue weighted by Gasteiger charge is 2.40. The van der Waals surface area contributed by atoms with E-state index >= 15 is 0 Å². The van der Waals surface area contributed by atoms with Crippen LogP contribution in [0.2, 0.25) is 0 Å². The average molecular weight is 432 g/mol. The topological polar surface area (TPSA) is 50.7 Å². The van der Waals surface area contributed by atoms with E-state index in [1.54, 1.807) is 0 Å². The number of carbonyl (C=O) groups is 1. The Bertz CT molecular complexity index is 932. The second-order valence-corrected chi connectivity index (χ2v) is 8.88. The maximum absolute atomic E-state index is 13.0. The molecule has 3 atom stereocenters. The van der Waals surface area contributed by atoms with Crippen LogP contribution in [0.1, 0.15) is 50.5 Å². The van der Waals surface area contributed by atoms with Gasteiger partial charge in [0, 0.05) is 6.92 Å². The van der Waals surface area contributed by atoms with E-state index in [9.17, 15) is 18.0 Å². The number of carbonyl (C=O) groups excluding carboxylic acids is 1. The lowest BCUT2D eigenvalue weighted by Gasteiger charge is -2.31. The SMILES string of the molecule is CC(=O)NC(C1=N[C@@H](Cc2ccccc2)[C@H](c2ccc(C(F)(F)F)cc2)O1)C(C)(C)C. The number of hydrogen-bond donors (Lipinski definition) is 1. The predicted molar refractivity (Wildman–Crippen MR) is 114 cm³/mol. The summed E-state index contributed by atoms with van der Waals surface area (Å²) < 4.78 is 45.2. The van der Waals surface area contributed by atoms with Crippen molar-refractivity contribution in [2.75, 3.05) is 0 Å². The maximum atomic E-state index is 13.0. The van der Waals surface area contributed by atoms with E-state index in [1.165, 1.54) is 19.1 Å². The highest BCUT2D eigenvalue weighted by molar-refractivity contribution is 5.89. The summed E-state index contributed by atoms with van der Waals surface area (Å²) in [5, 5.41) is 2.90. The molecule has 0 fully saturated rings. The summed E-state index contributed by atoms with van der Waals surface area (Å²) in [5.74, 6) is 0.192. The summed E-state index contributed by atoms with van der Waals surface area (Å²) in [7, 11) is 0. The molecule has 4 nitrogen and oxygen atoms in total. The molecule has 1 heterocycles. The molecule has 1 unspecified atom stereocenters. The molecule has 0 aliphatic carbocycles. The number of nitrogens with zero attached hydrogens (tertiary/aromatic N) is 1. The first-order chi connectivity index (χ1) is 14.4. The van der Waals surface area contributed by atoms with Crippen LogP contribution in [0.25, 0.3) is 0 Å². The van der Waals surface area contributed by atoms with Crippen molar-refractivity contribution < 1.29 is 22.7 Å². The van der Waals surface area contributed by atoms with E-state index in [2.05, 4.69) is 5.32 Å². The molecular formula is C24H27F3N2O2. The molecule has 7 heteroatoms. The molecule has 0 saturated carbocycles. The van der Waals surface area contributed by atoms with Gasteiger partial charge in [0.15, 0.2) is 0 Å². The van der Waals surface area contributed by atoms with Gasteiger partial charge in [0.05, 0.1) is 11.6 Å². The van der Waals surface area contributed by atoms with Gasteiger partial charge in [0.25, 0.3) is 0 Å². The highest BCUT2D eigenvalue weighted by atomic mass is 19.4. The van der Waals surface area contributed by atoms with Crippen LogP contribution in [0, 0.1) is 5.41 Å². The summed E-state index contributed by atoms with van der Waals surface area (Å²) in [6.45, 7) is 7.34. The number of benzene rings is 2. The first kappa shape index (κ1) is 22.8. The molecule has 2 aromatic rings. The molecule has 1 N–H and O–H groups in total. The third-order valence-corrected chi connectivity index (χ3v) is 5.21. The number of hydrogen-bond acceptors (Lipinski definition) is 3. The van der Waals surface area contributed by atoms with E-state index in [-0.39, 0.29) is 17.4 Å². The molecule has 0 radical (unpaired) electrons. The molecule has 31 heavy (non-hydrogen) atoms. The fourth-order valence-corrected chi connectivity index (χ4v) is 3.62. The standard InChI is InChI=1S/C24H27F3N2O2/c1-15(30)28-21(23(2,3)4)22-29-19(14-16-8-6-5-7-9-16)20(31-22)17-10-12-18(13-11-17)24(25,26)27/h5-13,19-21H,14H2,1-4H3,(H,28,30)/t19-,20-,21?/m0/s1. The maximum Gasteiger partial charge on any atom is 0.416 e. The van der Waals surface area contributed by atoms with Crippen molar-refractivity contribution in [3.8, 4) is 0 Å². The number of aliphatic imine (C=N–C) groups is 1. The molecule has 0 bridgehead atoms. The molecule has 0 aromatic heterocycles. The summed E-state index contributed by atoms with van der Waals surface area (Å²) in [6, 6.07) is 14.0. The van der Waals surface area contributed by atoms with E-state index in [4.69, 9.17) is 9.73 Å². The second kappa shape index (κ2) is 8.73. The molecule has 0 saturated heterocycles. The van der Waals surface area contributed by atoms with Crippen LogP contribution < -0.4 is 5.32 Å². The highest BCUT2D eigenvalue weighted by Crippen LogP contribution is 2.36. The predicted octanol–water partition coefficient (Wildman–Crippen LogP) is 5.34. The number of nitrogens with one attached hydrogen (secondary N) is 1. The van der Waals surface area contributed by atoms with Gasteiger partial charge in [-0.15, -0.1) is 0 Å². The van der Waals surface area contributed by atoms with Gasteiger partial charge in [-0.25, -0.2) is 4.99 Å². The largest absolute Gasteiger partial charge is 0.469 e. The van der Waals surface area contributed by atoms with Crippen LogP contribution in [-0.2, 0) is 22.1 Å². The molecule has 1 aliphatic heterocycles. The minimum Gasteiger partial charge on any atom is -0.469 e. The van der Waals surface area contributed by atoms with Crippen molar-refractivity contribution in [3.63, 3.8) is 0 Å². The van der Waals surface area contributed by atoms with Crippen LogP contribution >= 0.6 is 0 Å². The minimum atomic E-state index is -4.40. The zero-order valence-corrected chi connectivity index (χ0v) is 18.0. The van der Waals surface area contributed by atoms with Crippen LogP contribution in [-0.4, -0.2) is 23.9 Å². The number of alkyl halides is 3. The van der Waals surface area contributed by atoms with Crippen molar-refractivity contribution >= 4 is 11.8 Å². The summed E-state index contributed by atoms with van der Waals surface area (Å²) in [4.78, 5) is 16.6. The Morgan fingerprint density at radius 2 is 1.68 bits per heavy atom. The summed E-state index contributed by atoms with van der Waals surface area (Å²) in [5.41, 5.74) is 0.588. The third-order valence-electron chi connectivity index (χ3n) is 5.21. The Labute approximate surface area is 180 Å². The zero-order valence-electron chi connectivity index (χ0n) is 18.0. The van der Waals surface area contributed by atoms with Gasteiger partial charge >= 0.3 is 6.18 Å². The number of ether oxygens (including phenoxy) is 1. The smallest absolute Gasteiger partial charge is 0.416 e. The van der Waals surface area contributed by atoms with Crippen LogP contribution in [0.15, 0.2) is 59.6 Å². The van der Waals surface area contributed by atoms with Crippen molar-refractivity contribution in [2.45, 2.75) is 58.5 Å². The first-order valence-corrected chi connectivity index (χ1v) is 10.2. The Morgan fingerprint density at radius 3 is 2.19 bits per heavy atom. The second-order valence-electron chi connectivity index (χ2n) is 8.88. The quantitative estimate of drug-likeness (QED) is 0.694. The van der Waals surface area contributed by atoms with Gasteiger partial charge in [-0.1, -0.05) is 63.2 Å². The Balaban J connectivity index is 1.94. The van der Waals surface area contributed by atoms with Gasteiger partial charge in [0.1, 0.15) is 12.1 Å². The van der Waals surface area contributed by atoms with E-state index in [0.29, 0.717) is 17.9 Å². The lowest BCUT2D eigenvalue weighted by atomic mass is 9.86. The molecule has 1 aliphatic rings. The van der Waals surface area contributed by atoms with Crippen LogP contribution in [0.3, 0.4) is 0 Å². The summed E-state index contributed by atoms with van der Waals surface area (Å²) in [6.07, 6.45) is -4.38. The lowest BCUT2D eigenvalue weighted by Crippen LogP contribution is -2.48. The normalized spacial score (nSPS) is 20.0. The molecular weight excluding hydrogens is 405 g/mol. The Morgan fingerprint density at radius 1 is 1.06 bits per heavy atom. The monoisotopic (exact) mass is 432 g/mol. The van der Waals surface area contributed by atoms with Gasteiger partial charge in [-0.2, -0.15) is 13.2 Å². The number of rotatable bonds is 5. The minimum absolute atomic E-state index is 0.205. The lowest BCUT2D eigenvalue weighted by molar-refractivity contribution is -0.137. The van der Waals surface area contributed by atoms with Gasteiger partial charge < -0.3 is 10.1 Å². The first-order valence-electron chi connectivity index (χ1n) is 10.2. The number of amides is 1.